The number of aliphatic carboxylic acids is 1. The molecule has 1 aromatic rings. The van der Waals surface area contributed by atoms with Crippen LogP contribution >= 0.6 is 23.2 Å². The van der Waals surface area contributed by atoms with Gasteiger partial charge in [0.2, 0.25) is 5.91 Å². The minimum Gasteiger partial charge on any atom is -0.474 e. The molecule has 6 nitrogen and oxygen atoms in total. The monoisotopic (exact) mass is 332 g/mol. The number of hydrogen-bond acceptors (Lipinski definition) is 3. The Labute approximate surface area is 131 Å². The molecule has 0 radical (unpaired) electrons. The van der Waals surface area contributed by atoms with E-state index in [0.717, 1.165) is 4.90 Å². The Morgan fingerprint density at radius 2 is 1.76 bits per heavy atom. The van der Waals surface area contributed by atoms with Gasteiger partial charge in [0, 0.05) is 32.7 Å². The van der Waals surface area contributed by atoms with Gasteiger partial charge in [0.15, 0.2) is 0 Å². The fourth-order valence-corrected chi connectivity index (χ4v) is 1.84. The lowest BCUT2D eigenvalue weighted by Crippen LogP contribution is -2.39. The molecule has 1 N–H and O–H groups in total. The first-order chi connectivity index (χ1) is 9.73. The summed E-state index contributed by atoms with van der Waals surface area (Å²) in [6, 6.07) is 4.30. The van der Waals surface area contributed by atoms with Gasteiger partial charge in [-0.15, -0.1) is 0 Å². The Kier molecular flexibility index (Phi) is 5.99. The molecule has 0 heterocycles. The molecule has 114 valence electrons. The second-order valence-electron chi connectivity index (χ2n) is 4.40. The summed E-state index contributed by atoms with van der Waals surface area (Å²) in [4.78, 5) is 36.6. The number of halogens is 2. The highest BCUT2D eigenvalue weighted by Gasteiger charge is 2.24. The largest absolute Gasteiger partial charge is 0.474 e. The summed E-state index contributed by atoms with van der Waals surface area (Å²) in [5, 5.41) is 9.34. The maximum absolute atomic E-state index is 11.7. The van der Waals surface area contributed by atoms with E-state index in [1.165, 1.54) is 23.1 Å². The molecule has 0 saturated heterocycles. The van der Waals surface area contributed by atoms with Gasteiger partial charge in [-0.05, 0) is 18.2 Å². The zero-order valence-electron chi connectivity index (χ0n) is 11.5. The number of nitrogens with zero attached hydrogens (tertiary/aromatic N) is 2. The molecule has 0 aliphatic heterocycles. The first-order valence-corrected chi connectivity index (χ1v) is 6.69. The number of anilines is 1. The van der Waals surface area contributed by atoms with Gasteiger partial charge in [0.1, 0.15) is 0 Å². The molecule has 0 saturated carbocycles. The lowest BCUT2D eigenvalue weighted by Gasteiger charge is -2.22. The third-order valence-electron chi connectivity index (χ3n) is 2.69. The van der Waals surface area contributed by atoms with E-state index >= 15 is 0 Å². The van der Waals surface area contributed by atoms with E-state index in [1.54, 1.807) is 14.1 Å². The molecule has 8 heteroatoms. The maximum Gasteiger partial charge on any atom is 0.394 e. The van der Waals surface area contributed by atoms with Crippen molar-refractivity contribution in [3.05, 3.63) is 28.2 Å². The van der Waals surface area contributed by atoms with Crippen LogP contribution in [-0.2, 0) is 14.4 Å². The van der Waals surface area contributed by atoms with Crippen LogP contribution in [0.1, 0.15) is 6.42 Å². The fraction of sp³-hybridized carbons (Fsp3) is 0.308. The molecule has 0 atom stereocenters. The summed E-state index contributed by atoms with van der Waals surface area (Å²) in [5.74, 6) is -2.98. The molecule has 2 amide bonds. The quantitative estimate of drug-likeness (QED) is 0.854. The topological polar surface area (TPSA) is 77.9 Å². The van der Waals surface area contributed by atoms with E-state index in [2.05, 4.69) is 0 Å². The van der Waals surface area contributed by atoms with Crippen molar-refractivity contribution in [2.75, 3.05) is 25.5 Å². The minimum atomic E-state index is -1.61. The van der Waals surface area contributed by atoms with Gasteiger partial charge in [0.25, 0.3) is 0 Å². The molecule has 0 spiro atoms. The third kappa shape index (κ3) is 4.61. The lowest BCUT2D eigenvalue weighted by molar-refractivity contribution is -0.148. The molecule has 0 aromatic heterocycles. The number of carboxylic acid groups (broad SMARTS) is 1. The average molecular weight is 333 g/mol. The summed E-state index contributed by atoms with van der Waals surface area (Å²) >= 11 is 11.6. The smallest absolute Gasteiger partial charge is 0.394 e. The van der Waals surface area contributed by atoms with Crippen molar-refractivity contribution in [3.8, 4) is 0 Å². The number of rotatable bonds is 4. The van der Waals surface area contributed by atoms with E-state index < -0.39 is 11.9 Å². The van der Waals surface area contributed by atoms with Crippen molar-refractivity contribution in [2.24, 2.45) is 0 Å². The molecule has 1 aromatic carbocycles. The van der Waals surface area contributed by atoms with Gasteiger partial charge in [-0.25, -0.2) is 4.79 Å². The van der Waals surface area contributed by atoms with Crippen molar-refractivity contribution in [2.45, 2.75) is 6.42 Å². The van der Waals surface area contributed by atoms with E-state index in [-0.39, 0.29) is 34.6 Å². The van der Waals surface area contributed by atoms with Crippen molar-refractivity contribution in [1.29, 1.82) is 0 Å². The Morgan fingerprint density at radius 3 is 2.24 bits per heavy atom. The predicted octanol–water partition coefficient (Wildman–Crippen LogP) is 1.89. The summed E-state index contributed by atoms with van der Waals surface area (Å²) in [5.41, 5.74) is 0.267. The van der Waals surface area contributed by atoms with Gasteiger partial charge in [-0.2, -0.15) is 0 Å². The van der Waals surface area contributed by atoms with Gasteiger partial charge in [0.05, 0.1) is 10.0 Å². The second-order valence-corrected chi connectivity index (χ2v) is 5.21. The molecule has 0 bridgehead atoms. The van der Waals surface area contributed by atoms with E-state index in [1.807, 2.05) is 0 Å². The van der Waals surface area contributed by atoms with Gasteiger partial charge < -0.3 is 14.9 Å². The normalized spacial score (nSPS) is 10.1. The Bertz CT molecular complexity index is 575. The molecule has 0 aliphatic carbocycles. The average Bonchev–Trinajstić information content (AvgIpc) is 2.41. The van der Waals surface area contributed by atoms with Gasteiger partial charge in [-0.3, -0.25) is 9.59 Å². The van der Waals surface area contributed by atoms with Crippen molar-refractivity contribution < 1.29 is 19.5 Å². The number of carboxylic acids is 1. The zero-order valence-corrected chi connectivity index (χ0v) is 13.0. The van der Waals surface area contributed by atoms with Gasteiger partial charge >= 0.3 is 11.9 Å². The highest BCUT2D eigenvalue weighted by molar-refractivity contribution is 6.42. The predicted molar refractivity (Wildman–Crippen MR) is 79.8 cm³/mol. The number of hydrogen-bond donors (Lipinski definition) is 1. The number of carbonyl (C=O) groups excluding carboxylic acids is 2. The van der Waals surface area contributed by atoms with Crippen LogP contribution in [0.25, 0.3) is 0 Å². The zero-order chi connectivity index (χ0) is 16.2. The van der Waals surface area contributed by atoms with Crippen LogP contribution in [0, 0.1) is 0 Å². The van der Waals surface area contributed by atoms with E-state index in [0.29, 0.717) is 0 Å². The summed E-state index contributed by atoms with van der Waals surface area (Å²) in [7, 11) is 3.15. The molecule has 0 aliphatic rings. The fourth-order valence-electron chi connectivity index (χ4n) is 1.55. The highest BCUT2D eigenvalue weighted by Crippen LogP contribution is 2.27. The van der Waals surface area contributed by atoms with Gasteiger partial charge in [-0.1, -0.05) is 23.2 Å². The van der Waals surface area contributed by atoms with Crippen LogP contribution in [0.3, 0.4) is 0 Å². The second kappa shape index (κ2) is 7.28. The summed E-state index contributed by atoms with van der Waals surface area (Å²) in [6.45, 7) is -0.0693. The van der Waals surface area contributed by atoms with Crippen molar-refractivity contribution >= 4 is 46.7 Å². The molecule has 21 heavy (non-hydrogen) atoms. The minimum absolute atomic E-state index is 0.00767. The standard InChI is InChI=1S/C13H14Cl2N2O4/c1-16(2)11(18)5-6-17(12(19)13(20)21)8-3-4-9(14)10(15)7-8/h3-4,7H,5-6H2,1-2H3,(H,20,21). The number of amides is 2. The molecule has 1 rings (SSSR count). The summed E-state index contributed by atoms with van der Waals surface area (Å²) < 4.78 is 0. The van der Waals surface area contributed by atoms with Crippen LogP contribution < -0.4 is 4.90 Å². The van der Waals surface area contributed by atoms with Crippen molar-refractivity contribution in [1.82, 2.24) is 4.90 Å². The number of benzene rings is 1. The molecule has 0 unspecified atom stereocenters. The SMILES string of the molecule is CN(C)C(=O)CCN(C(=O)C(=O)O)c1ccc(Cl)c(Cl)c1. The molecular formula is C13H14Cl2N2O4. The maximum atomic E-state index is 11.7. The van der Waals surface area contributed by atoms with E-state index in [9.17, 15) is 14.4 Å². The van der Waals surface area contributed by atoms with Crippen LogP contribution in [0.5, 0.6) is 0 Å². The third-order valence-corrected chi connectivity index (χ3v) is 3.43. The Morgan fingerprint density at radius 1 is 1.14 bits per heavy atom. The first-order valence-electron chi connectivity index (χ1n) is 5.94. The lowest BCUT2D eigenvalue weighted by atomic mass is 10.2. The number of carbonyl (C=O) groups is 3. The first kappa shape index (κ1) is 17.3. The Balaban J connectivity index is 3.02. The van der Waals surface area contributed by atoms with Crippen LogP contribution in [0.15, 0.2) is 18.2 Å². The van der Waals surface area contributed by atoms with Crippen LogP contribution in [0.2, 0.25) is 10.0 Å². The molecular weight excluding hydrogens is 319 g/mol. The highest BCUT2D eigenvalue weighted by atomic mass is 35.5. The van der Waals surface area contributed by atoms with E-state index in [4.69, 9.17) is 28.3 Å². The van der Waals surface area contributed by atoms with Crippen molar-refractivity contribution in [3.63, 3.8) is 0 Å². The summed E-state index contributed by atoms with van der Waals surface area (Å²) in [6.07, 6.45) is -0.00767. The molecule has 0 fully saturated rings. The van der Waals surface area contributed by atoms with Crippen LogP contribution in [-0.4, -0.2) is 48.4 Å². The van der Waals surface area contributed by atoms with Crippen LogP contribution in [0.4, 0.5) is 5.69 Å². The Hall–Kier alpha value is -1.79.